The van der Waals surface area contributed by atoms with Gasteiger partial charge in [-0.25, -0.2) is 4.79 Å². The molecule has 1 saturated heterocycles. The minimum absolute atomic E-state index is 0.171. The molecule has 0 aromatic rings. The summed E-state index contributed by atoms with van der Waals surface area (Å²) in [6, 6.07) is 0. The molecule has 1 aliphatic heterocycles. The van der Waals surface area contributed by atoms with Crippen LogP contribution in [0.4, 0.5) is 0 Å². The summed E-state index contributed by atoms with van der Waals surface area (Å²) in [5, 5.41) is 0. The Kier molecular flexibility index (Phi) is 3.04. The third kappa shape index (κ3) is 2.67. The fraction of sp³-hybridized carbons (Fsp3) is 0.571. The number of esters is 1. The Morgan fingerprint density at radius 3 is 3.00 bits per heavy atom. The van der Waals surface area contributed by atoms with E-state index < -0.39 is 11.8 Å². The molecule has 0 aromatic carbocycles. The van der Waals surface area contributed by atoms with Gasteiger partial charge < -0.3 is 9.47 Å². The number of rotatable bonds is 0. The van der Waals surface area contributed by atoms with Gasteiger partial charge in [-0.05, 0) is 12.8 Å². The van der Waals surface area contributed by atoms with Gasteiger partial charge >= 0.3 is 5.97 Å². The molecule has 1 fully saturated rings. The number of carbonyl (C=O) groups is 2. The fourth-order valence-corrected chi connectivity index (χ4v) is 0.693. The molecule has 0 bridgehead atoms. The van der Waals surface area contributed by atoms with Crippen molar-refractivity contribution < 1.29 is 19.1 Å². The third-order valence-corrected chi connectivity index (χ3v) is 1.25. The molecule has 0 spiro atoms. The van der Waals surface area contributed by atoms with Gasteiger partial charge in [0.25, 0.3) is 5.78 Å². The summed E-state index contributed by atoms with van der Waals surface area (Å²) in [6.07, 6.45) is 2.46. The van der Waals surface area contributed by atoms with E-state index in [0.29, 0.717) is 13.0 Å². The highest BCUT2D eigenvalue weighted by molar-refractivity contribution is 6.34. The molecule has 4 heteroatoms. The molecule has 61 valence electrons. The second kappa shape index (κ2) is 4.08. The topological polar surface area (TPSA) is 52.6 Å². The molecule has 0 aliphatic carbocycles. The summed E-state index contributed by atoms with van der Waals surface area (Å²) in [4.78, 5) is 21.4. The second-order valence-corrected chi connectivity index (χ2v) is 2.15. The van der Waals surface area contributed by atoms with Crippen molar-refractivity contribution in [2.45, 2.75) is 6.42 Å². The van der Waals surface area contributed by atoms with Crippen LogP contribution >= 0.6 is 0 Å². The molecule has 1 radical (unpaired) electrons. The van der Waals surface area contributed by atoms with Crippen LogP contribution in [0.5, 0.6) is 0 Å². The van der Waals surface area contributed by atoms with Crippen molar-refractivity contribution in [1.82, 2.24) is 0 Å². The molecule has 0 unspecified atom stereocenters. The van der Waals surface area contributed by atoms with Gasteiger partial charge in [0.15, 0.2) is 0 Å². The van der Waals surface area contributed by atoms with Gasteiger partial charge in [-0.15, -0.1) is 0 Å². The molecule has 11 heavy (non-hydrogen) atoms. The van der Waals surface area contributed by atoms with Gasteiger partial charge in [0.05, 0.1) is 13.2 Å². The molecule has 0 amide bonds. The van der Waals surface area contributed by atoms with Crippen LogP contribution in [0.15, 0.2) is 0 Å². The molecular weight excluding hydrogens is 148 g/mol. The number of hydrogen-bond acceptors (Lipinski definition) is 4. The predicted molar refractivity (Wildman–Crippen MR) is 35.7 cm³/mol. The summed E-state index contributed by atoms with van der Waals surface area (Å²) in [6.45, 7) is 0.506. The number of hydrogen-bond donors (Lipinski definition) is 0. The highest BCUT2D eigenvalue weighted by atomic mass is 16.5. The van der Waals surface area contributed by atoms with Crippen molar-refractivity contribution in [2.75, 3.05) is 19.8 Å². The fourth-order valence-electron chi connectivity index (χ4n) is 0.693. The minimum atomic E-state index is -0.791. The Hall–Kier alpha value is -0.900. The molecule has 4 nitrogen and oxygen atoms in total. The predicted octanol–water partition coefficient (Wildman–Crippen LogP) is -0.277. The molecule has 1 rings (SSSR count). The van der Waals surface area contributed by atoms with Gasteiger partial charge in [0.1, 0.15) is 6.61 Å². The first-order valence-corrected chi connectivity index (χ1v) is 3.40. The van der Waals surface area contributed by atoms with Crippen LogP contribution in [0.2, 0.25) is 0 Å². The van der Waals surface area contributed by atoms with E-state index in [9.17, 15) is 9.59 Å². The largest absolute Gasteiger partial charge is 0.460 e. The first kappa shape index (κ1) is 8.20. The zero-order chi connectivity index (χ0) is 8.10. The van der Waals surface area contributed by atoms with Crippen molar-refractivity contribution in [3.63, 3.8) is 0 Å². The van der Waals surface area contributed by atoms with Crippen LogP contribution in [0.25, 0.3) is 0 Å². The minimum Gasteiger partial charge on any atom is -0.460 e. The van der Waals surface area contributed by atoms with E-state index in [0.717, 1.165) is 0 Å². The Bertz CT molecular complexity index is 146. The maximum absolute atomic E-state index is 10.7. The number of carbonyl (C=O) groups excluding carboxylic acids is 2. The van der Waals surface area contributed by atoms with E-state index in [1.807, 2.05) is 6.42 Å². The normalized spacial score (nSPS) is 21.5. The van der Waals surface area contributed by atoms with Crippen LogP contribution in [-0.2, 0) is 19.1 Å². The van der Waals surface area contributed by atoms with Gasteiger partial charge in [-0.3, -0.25) is 4.79 Å². The Morgan fingerprint density at radius 1 is 1.36 bits per heavy atom. The zero-order valence-electron chi connectivity index (χ0n) is 6.04. The number of cyclic esters (lactones) is 1. The van der Waals surface area contributed by atoms with Crippen LogP contribution in [0, 0.1) is 6.42 Å². The van der Waals surface area contributed by atoms with Crippen LogP contribution < -0.4 is 0 Å². The van der Waals surface area contributed by atoms with E-state index in [4.69, 9.17) is 4.74 Å². The number of ether oxygens (including phenoxy) is 2. The zero-order valence-corrected chi connectivity index (χ0v) is 6.04. The van der Waals surface area contributed by atoms with E-state index in [-0.39, 0.29) is 13.2 Å². The van der Waals surface area contributed by atoms with Crippen molar-refractivity contribution in [1.29, 1.82) is 0 Å². The lowest BCUT2D eigenvalue weighted by Gasteiger charge is -1.97. The second-order valence-electron chi connectivity index (χ2n) is 2.15. The average molecular weight is 157 g/mol. The van der Waals surface area contributed by atoms with Crippen LogP contribution in [-0.4, -0.2) is 31.6 Å². The van der Waals surface area contributed by atoms with E-state index in [1.165, 1.54) is 0 Å². The monoisotopic (exact) mass is 157 g/mol. The summed E-state index contributed by atoms with van der Waals surface area (Å²) >= 11 is 0. The van der Waals surface area contributed by atoms with E-state index in [1.54, 1.807) is 0 Å². The molecule has 0 aromatic heterocycles. The Morgan fingerprint density at radius 2 is 2.18 bits per heavy atom. The highest BCUT2D eigenvalue weighted by Gasteiger charge is 2.16. The standard InChI is InChI=1S/C7H9O4/c8-6-5-10-3-1-2-4-11-7(6)9/h1H,2-5H2. The summed E-state index contributed by atoms with van der Waals surface area (Å²) in [5.74, 6) is -1.40. The maximum Gasteiger partial charge on any atom is 0.377 e. The first-order valence-electron chi connectivity index (χ1n) is 3.40. The van der Waals surface area contributed by atoms with Crippen molar-refractivity contribution in [2.24, 2.45) is 0 Å². The average Bonchev–Trinajstić information content (AvgIpc) is 2.07. The van der Waals surface area contributed by atoms with E-state index in [2.05, 4.69) is 4.74 Å². The maximum atomic E-state index is 10.7. The number of ketones is 1. The lowest BCUT2D eigenvalue weighted by molar-refractivity contribution is -0.155. The Balaban J connectivity index is 2.42. The molecule has 1 heterocycles. The summed E-state index contributed by atoms with van der Waals surface area (Å²) < 4.78 is 9.41. The van der Waals surface area contributed by atoms with Gasteiger partial charge in [-0.1, -0.05) is 0 Å². The quantitative estimate of drug-likeness (QED) is 0.358. The molecule has 0 N–H and O–H groups in total. The van der Waals surface area contributed by atoms with Gasteiger partial charge in [-0.2, -0.15) is 0 Å². The molecule has 1 aliphatic rings. The molecule has 0 atom stereocenters. The lowest BCUT2D eigenvalue weighted by Crippen LogP contribution is -2.21. The molecular formula is C7H9O4. The van der Waals surface area contributed by atoms with Crippen molar-refractivity contribution >= 4 is 11.8 Å². The van der Waals surface area contributed by atoms with Crippen LogP contribution in [0.1, 0.15) is 6.42 Å². The number of Topliss-reactive ketones (excluding diaryl/α,β-unsaturated/α-hetero) is 1. The van der Waals surface area contributed by atoms with Crippen molar-refractivity contribution in [3.05, 3.63) is 6.42 Å². The first-order chi connectivity index (χ1) is 5.30. The summed E-state index contributed by atoms with van der Waals surface area (Å²) in [5.41, 5.74) is 0. The van der Waals surface area contributed by atoms with Gasteiger partial charge in [0.2, 0.25) is 0 Å². The summed E-state index contributed by atoms with van der Waals surface area (Å²) in [7, 11) is 0. The van der Waals surface area contributed by atoms with Crippen LogP contribution in [0.3, 0.4) is 0 Å². The SMILES string of the molecule is O=C1COC[CH]CCOC1=O. The highest BCUT2D eigenvalue weighted by Crippen LogP contribution is 1.95. The van der Waals surface area contributed by atoms with E-state index >= 15 is 0 Å². The van der Waals surface area contributed by atoms with Crippen molar-refractivity contribution in [3.8, 4) is 0 Å². The smallest absolute Gasteiger partial charge is 0.377 e. The molecule has 0 saturated carbocycles. The lowest BCUT2D eigenvalue weighted by atomic mass is 10.3. The Labute approximate surface area is 64.5 Å². The third-order valence-electron chi connectivity index (χ3n) is 1.25. The van der Waals surface area contributed by atoms with Gasteiger partial charge in [0, 0.05) is 0 Å².